The first-order valence-corrected chi connectivity index (χ1v) is 13.5. The Bertz CT molecular complexity index is 939. The van der Waals surface area contributed by atoms with Crippen molar-refractivity contribution in [2.24, 2.45) is 0 Å². The zero-order valence-corrected chi connectivity index (χ0v) is 19.5. The van der Waals surface area contributed by atoms with Crippen molar-refractivity contribution in [1.29, 1.82) is 0 Å². The molecule has 0 amide bonds. The maximum Gasteiger partial charge on any atom is 0.127 e. The third-order valence-corrected chi connectivity index (χ3v) is 9.14. The van der Waals surface area contributed by atoms with Crippen LogP contribution in [0.4, 0.5) is 0 Å². The summed E-state index contributed by atoms with van der Waals surface area (Å²) < 4.78 is 0. The van der Waals surface area contributed by atoms with Gasteiger partial charge in [-0.3, -0.25) is 0 Å². The van der Waals surface area contributed by atoms with Gasteiger partial charge in [0.2, 0.25) is 0 Å². The maximum atomic E-state index is 11.8. The van der Waals surface area contributed by atoms with E-state index < -0.39 is 0 Å². The minimum Gasteiger partial charge on any atom is -0.507 e. The maximum absolute atomic E-state index is 11.8. The van der Waals surface area contributed by atoms with Crippen LogP contribution in [0.2, 0.25) is 0 Å². The summed E-state index contributed by atoms with van der Waals surface area (Å²) in [6, 6.07) is 4.91. The molecule has 4 aliphatic rings. The molecule has 2 heteroatoms. The molecular weight excluding hydrogens is 392 g/mol. The first kappa shape index (κ1) is 20.6. The highest BCUT2D eigenvalue weighted by atomic mass is 16.3. The van der Waals surface area contributed by atoms with E-state index in [1.165, 1.54) is 97.6 Å². The number of benzene rings is 2. The van der Waals surface area contributed by atoms with Crippen molar-refractivity contribution in [2.45, 2.75) is 115 Å². The second-order valence-electron chi connectivity index (χ2n) is 11.0. The zero-order chi connectivity index (χ0) is 21.7. The first-order valence-electron chi connectivity index (χ1n) is 13.5. The Morgan fingerprint density at radius 1 is 0.500 bits per heavy atom. The molecular formula is C30H38O2. The Labute approximate surface area is 193 Å². The van der Waals surface area contributed by atoms with Crippen molar-refractivity contribution in [3.05, 3.63) is 45.5 Å². The Hall–Kier alpha value is -1.96. The van der Waals surface area contributed by atoms with Gasteiger partial charge in [-0.05, 0) is 122 Å². The molecule has 2 saturated carbocycles. The minimum absolute atomic E-state index is 0.509. The van der Waals surface area contributed by atoms with E-state index in [0.717, 1.165) is 49.7 Å². The largest absolute Gasteiger partial charge is 0.507 e. The van der Waals surface area contributed by atoms with Crippen molar-refractivity contribution in [1.82, 2.24) is 0 Å². The van der Waals surface area contributed by atoms with Crippen LogP contribution in [-0.4, -0.2) is 10.2 Å². The minimum atomic E-state index is 0.509. The fraction of sp³-hybridized carbons (Fsp3) is 0.600. The fourth-order valence-electron chi connectivity index (χ4n) is 7.45. The van der Waals surface area contributed by atoms with Gasteiger partial charge in [0.05, 0.1) is 0 Å². The van der Waals surface area contributed by atoms with Crippen molar-refractivity contribution >= 4 is 0 Å². The van der Waals surface area contributed by atoms with Gasteiger partial charge in [-0.25, -0.2) is 0 Å². The van der Waals surface area contributed by atoms with E-state index in [-0.39, 0.29) is 0 Å². The van der Waals surface area contributed by atoms with Gasteiger partial charge in [-0.2, -0.15) is 0 Å². The van der Waals surface area contributed by atoms with E-state index in [0.29, 0.717) is 23.3 Å². The van der Waals surface area contributed by atoms with Crippen molar-refractivity contribution in [3.63, 3.8) is 0 Å². The Balaban J connectivity index is 1.63. The number of aromatic hydroxyl groups is 2. The highest BCUT2D eigenvalue weighted by Crippen LogP contribution is 2.54. The summed E-state index contributed by atoms with van der Waals surface area (Å²) in [6.45, 7) is 0. The molecule has 2 N–H and O–H groups in total. The van der Waals surface area contributed by atoms with Gasteiger partial charge in [0, 0.05) is 11.1 Å². The van der Waals surface area contributed by atoms with Crippen LogP contribution in [0, 0.1) is 0 Å². The summed E-state index contributed by atoms with van der Waals surface area (Å²) >= 11 is 0. The van der Waals surface area contributed by atoms with Gasteiger partial charge in [-0.15, -0.1) is 0 Å². The van der Waals surface area contributed by atoms with Gasteiger partial charge in [0.15, 0.2) is 0 Å². The molecule has 0 saturated heterocycles. The Morgan fingerprint density at radius 3 is 1.28 bits per heavy atom. The normalized spacial score (nSPS) is 21.6. The standard InChI is InChI=1S/C30H38O2/c31-29-23-15-7-5-13-21(23)17-25(19-9-1-2-10-19)27(29)28-26(20-11-3-4-12-20)18-22-14-6-8-16-24(22)30(28)32/h17-20,31-32H,1-16H2. The molecule has 4 aliphatic carbocycles. The predicted octanol–water partition coefficient (Wildman–Crippen LogP) is 7.84. The van der Waals surface area contributed by atoms with Crippen LogP contribution in [0.3, 0.4) is 0 Å². The smallest absolute Gasteiger partial charge is 0.127 e. The van der Waals surface area contributed by atoms with Crippen molar-refractivity contribution in [3.8, 4) is 22.6 Å². The van der Waals surface area contributed by atoms with Crippen molar-refractivity contribution in [2.75, 3.05) is 0 Å². The monoisotopic (exact) mass is 430 g/mol. The quantitative estimate of drug-likeness (QED) is 0.521. The molecule has 2 aromatic rings. The molecule has 0 unspecified atom stereocenters. The van der Waals surface area contributed by atoms with E-state index >= 15 is 0 Å². The summed E-state index contributed by atoms with van der Waals surface area (Å²) in [4.78, 5) is 0. The van der Waals surface area contributed by atoms with Crippen molar-refractivity contribution < 1.29 is 10.2 Å². The van der Waals surface area contributed by atoms with Gasteiger partial charge in [0.25, 0.3) is 0 Å². The SMILES string of the molecule is Oc1c2c(cc(C3CCCC3)c1-c1c(C3CCCC3)cc3c(c1O)CCCC3)CCCC2. The Kier molecular flexibility index (Phi) is 5.44. The number of fused-ring (bicyclic) bond motifs is 2. The zero-order valence-electron chi connectivity index (χ0n) is 19.5. The molecule has 0 aromatic heterocycles. The molecule has 2 aromatic carbocycles. The summed E-state index contributed by atoms with van der Waals surface area (Å²) in [5.74, 6) is 2.06. The van der Waals surface area contributed by atoms with Gasteiger partial charge >= 0.3 is 0 Å². The average Bonchev–Trinajstić information content (AvgIpc) is 3.54. The number of phenolic OH excluding ortho intramolecular Hbond substituents is 2. The summed E-state index contributed by atoms with van der Waals surface area (Å²) in [7, 11) is 0. The van der Waals surface area contributed by atoms with E-state index in [4.69, 9.17) is 0 Å². The number of hydrogen-bond acceptors (Lipinski definition) is 2. The highest BCUT2D eigenvalue weighted by Gasteiger charge is 2.33. The van der Waals surface area contributed by atoms with Crippen LogP contribution < -0.4 is 0 Å². The summed E-state index contributed by atoms with van der Waals surface area (Å²) in [6.07, 6.45) is 18.9. The molecule has 2 fully saturated rings. The lowest BCUT2D eigenvalue weighted by Crippen LogP contribution is -2.11. The molecule has 0 radical (unpaired) electrons. The second-order valence-corrected chi connectivity index (χ2v) is 11.0. The molecule has 6 rings (SSSR count). The third kappa shape index (κ3) is 3.37. The van der Waals surface area contributed by atoms with E-state index in [2.05, 4.69) is 12.1 Å². The fourth-order valence-corrected chi connectivity index (χ4v) is 7.45. The summed E-state index contributed by atoms with van der Waals surface area (Å²) in [5, 5.41) is 23.6. The second kappa shape index (κ2) is 8.43. The molecule has 0 aliphatic heterocycles. The lowest BCUT2D eigenvalue weighted by molar-refractivity contribution is 0.453. The van der Waals surface area contributed by atoms with Crippen LogP contribution in [0.15, 0.2) is 12.1 Å². The molecule has 0 atom stereocenters. The highest BCUT2D eigenvalue weighted by molar-refractivity contribution is 5.85. The van der Waals surface area contributed by atoms with E-state index in [1.54, 1.807) is 0 Å². The van der Waals surface area contributed by atoms with Gasteiger partial charge in [0.1, 0.15) is 11.5 Å². The van der Waals surface area contributed by atoms with Gasteiger partial charge < -0.3 is 10.2 Å². The third-order valence-electron chi connectivity index (χ3n) is 9.14. The van der Waals surface area contributed by atoms with Crippen LogP contribution in [0.1, 0.15) is 122 Å². The molecule has 32 heavy (non-hydrogen) atoms. The van der Waals surface area contributed by atoms with E-state index in [9.17, 15) is 10.2 Å². The number of hydrogen-bond donors (Lipinski definition) is 2. The molecule has 0 bridgehead atoms. The lowest BCUT2D eigenvalue weighted by atomic mass is 9.76. The molecule has 170 valence electrons. The van der Waals surface area contributed by atoms with Gasteiger partial charge in [-0.1, -0.05) is 37.8 Å². The van der Waals surface area contributed by atoms with Crippen LogP contribution in [0.25, 0.3) is 11.1 Å². The number of rotatable bonds is 3. The van der Waals surface area contributed by atoms with E-state index in [1.807, 2.05) is 0 Å². The van der Waals surface area contributed by atoms with Crippen LogP contribution in [0.5, 0.6) is 11.5 Å². The number of phenols is 2. The molecule has 0 heterocycles. The lowest BCUT2D eigenvalue weighted by Gasteiger charge is -2.29. The number of aryl methyl sites for hydroxylation is 2. The molecule has 0 spiro atoms. The average molecular weight is 431 g/mol. The predicted molar refractivity (Wildman–Crippen MR) is 131 cm³/mol. The molecule has 2 nitrogen and oxygen atoms in total. The van der Waals surface area contributed by atoms with Crippen LogP contribution in [-0.2, 0) is 25.7 Å². The first-order chi connectivity index (χ1) is 15.7. The topological polar surface area (TPSA) is 40.5 Å². The summed E-state index contributed by atoms with van der Waals surface area (Å²) in [5.41, 5.74) is 9.80. The Morgan fingerprint density at radius 2 is 0.875 bits per heavy atom. The van der Waals surface area contributed by atoms with Crippen LogP contribution >= 0.6 is 0 Å².